The summed E-state index contributed by atoms with van der Waals surface area (Å²) < 4.78 is 18.5. The van der Waals surface area contributed by atoms with Gasteiger partial charge in [0.1, 0.15) is 25.0 Å². The van der Waals surface area contributed by atoms with E-state index in [9.17, 15) is 9.59 Å². The molecule has 0 aliphatic carbocycles. The van der Waals surface area contributed by atoms with Gasteiger partial charge in [-0.2, -0.15) is 10.1 Å². The van der Waals surface area contributed by atoms with Crippen LogP contribution in [0.3, 0.4) is 0 Å². The molecule has 2 aliphatic heterocycles. The lowest BCUT2D eigenvalue weighted by Gasteiger charge is -2.31. The number of nitrogens with one attached hydrogen (secondary N) is 2. The van der Waals surface area contributed by atoms with Crippen LogP contribution < -0.4 is 24.8 Å². The molecule has 0 aromatic heterocycles. The highest BCUT2D eigenvalue weighted by Crippen LogP contribution is 2.40. The number of hydrogen-bond donors (Lipinski definition) is 2. The second-order valence-electron chi connectivity index (χ2n) is 12.9. The third kappa shape index (κ3) is 8.62. The van der Waals surface area contributed by atoms with Gasteiger partial charge in [-0.05, 0) is 93.9 Å². The fraction of sp³-hybridized carbons (Fsp3) is 0.214. The highest BCUT2D eigenvalue weighted by atomic mass is 35.5. The first kappa shape index (κ1) is 36.8. The van der Waals surface area contributed by atoms with Gasteiger partial charge < -0.3 is 24.8 Å². The molecule has 7 rings (SSSR count). The Morgan fingerprint density at radius 1 is 0.889 bits per heavy atom. The van der Waals surface area contributed by atoms with E-state index in [4.69, 9.17) is 47.6 Å². The number of benzene rings is 5. The molecule has 1 amide bonds. The van der Waals surface area contributed by atoms with E-state index < -0.39 is 18.1 Å². The monoisotopic (exact) mass is 763 g/mol. The molecule has 2 N–H and O–H groups in total. The van der Waals surface area contributed by atoms with Crippen molar-refractivity contribution in [1.82, 2.24) is 10.6 Å². The molecule has 0 saturated carbocycles. The average Bonchev–Trinajstić information content (AvgIpc) is 3.20. The fourth-order valence-electron chi connectivity index (χ4n) is 6.42. The molecule has 274 valence electrons. The minimum absolute atomic E-state index is 0.194. The smallest absolute Gasteiger partial charge is 0.364 e. The molecule has 3 atom stereocenters. The van der Waals surface area contributed by atoms with Gasteiger partial charge in [0.25, 0.3) is 0 Å². The van der Waals surface area contributed by atoms with E-state index in [1.807, 2.05) is 78.9 Å². The number of carbonyl (C=O) groups is 2. The molecule has 0 fully saturated rings. The van der Waals surface area contributed by atoms with Gasteiger partial charge in [-0.15, -0.1) is 0 Å². The number of hydrogen-bond acceptors (Lipinski definition) is 9. The van der Waals surface area contributed by atoms with Gasteiger partial charge >= 0.3 is 5.97 Å². The molecule has 5 aromatic rings. The maximum absolute atomic E-state index is 13.5. The number of fused-ring (bicyclic) bond motifs is 2. The predicted molar refractivity (Wildman–Crippen MR) is 202 cm³/mol. The van der Waals surface area contributed by atoms with Gasteiger partial charge in [-0.25, -0.2) is 4.79 Å². The zero-order chi connectivity index (χ0) is 37.6. The number of nitriles is 1. The van der Waals surface area contributed by atoms with Crippen LogP contribution in [0.4, 0.5) is 0 Å². The highest BCUT2D eigenvalue weighted by molar-refractivity contribution is 6.42. The highest BCUT2D eigenvalue weighted by Gasteiger charge is 2.32. The number of ether oxygens (including phenoxy) is 3. The van der Waals surface area contributed by atoms with Crippen molar-refractivity contribution in [2.24, 2.45) is 0 Å². The van der Waals surface area contributed by atoms with Crippen LogP contribution in [0.1, 0.15) is 39.5 Å². The molecule has 2 heterocycles. The van der Waals surface area contributed by atoms with Gasteiger partial charge in [0.15, 0.2) is 17.6 Å². The van der Waals surface area contributed by atoms with Gasteiger partial charge in [0, 0.05) is 13.0 Å². The molecule has 12 heteroatoms. The average molecular weight is 765 g/mol. The van der Waals surface area contributed by atoms with Gasteiger partial charge in [0.2, 0.25) is 5.91 Å². The van der Waals surface area contributed by atoms with Gasteiger partial charge in [0.05, 0.1) is 34.8 Å². The Kier molecular flexibility index (Phi) is 11.3. The van der Waals surface area contributed by atoms with Crippen molar-refractivity contribution < 1.29 is 33.6 Å². The maximum Gasteiger partial charge on any atom is 0.364 e. The zero-order valence-corrected chi connectivity index (χ0v) is 30.7. The molecule has 1 unspecified atom stereocenters. The summed E-state index contributed by atoms with van der Waals surface area (Å²) in [6.07, 6.45) is 0.265. The van der Waals surface area contributed by atoms with E-state index in [-0.39, 0.29) is 18.4 Å². The molecular formula is C42H35Cl2N3O7. The van der Waals surface area contributed by atoms with Crippen LogP contribution in [0, 0.1) is 11.3 Å². The van der Waals surface area contributed by atoms with Crippen LogP contribution >= 0.6 is 23.2 Å². The van der Waals surface area contributed by atoms with Crippen molar-refractivity contribution in [3.63, 3.8) is 0 Å². The van der Waals surface area contributed by atoms with Crippen LogP contribution in [0.5, 0.6) is 17.2 Å². The summed E-state index contributed by atoms with van der Waals surface area (Å²) in [6, 6.07) is 32.4. The summed E-state index contributed by atoms with van der Waals surface area (Å²) in [4.78, 5) is 35.9. The van der Waals surface area contributed by atoms with E-state index in [0.29, 0.717) is 59.0 Å². The normalized spacial score (nSPS) is 16.3. The van der Waals surface area contributed by atoms with Crippen LogP contribution in [0.15, 0.2) is 103 Å². The van der Waals surface area contributed by atoms with Crippen molar-refractivity contribution >= 4 is 35.1 Å². The van der Waals surface area contributed by atoms with E-state index in [0.717, 1.165) is 38.9 Å². The van der Waals surface area contributed by atoms with E-state index in [1.54, 1.807) is 24.3 Å². The SMILES string of the molecule is COOC(=O)[C@H](Cc1ccc(-c2ccc(C#N)cc2)cc1)NC(=O)[C@@H]1Cc2cc3c(cc2CN1)OC(c1ccc(OCc2ccc(Cl)c(Cl)c2)cc1)CO3. The van der Waals surface area contributed by atoms with Crippen molar-refractivity contribution in [2.75, 3.05) is 13.7 Å². The molecule has 10 nitrogen and oxygen atoms in total. The third-order valence-corrected chi connectivity index (χ3v) is 10.1. The molecule has 54 heavy (non-hydrogen) atoms. The van der Waals surface area contributed by atoms with Crippen molar-refractivity contribution in [3.8, 4) is 34.4 Å². The van der Waals surface area contributed by atoms with Crippen LogP contribution in [0.2, 0.25) is 10.0 Å². The number of nitrogens with zero attached hydrogens (tertiary/aromatic N) is 1. The summed E-state index contributed by atoms with van der Waals surface area (Å²) >= 11 is 12.1. The summed E-state index contributed by atoms with van der Waals surface area (Å²) in [5.74, 6) is 0.892. The molecule has 5 aromatic carbocycles. The minimum atomic E-state index is -0.984. The number of halogens is 2. The Morgan fingerprint density at radius 3 is 2.30 bits per heavy atom. The quantitative estimate of drug-likeness (QED) is 0.104. The lowest BCUT2D eigenvalue weighted by molar-refractivity contribution is -0.256. The van der Waals surface area contributed by atoms with Crippen molar-refractivity contribution in [1.29, 1.82) is 5.26 Å². The number of amides is 1. The Balaban J connectivity index is 0.957. The summed E-state index contributed by atoms with van der Waals surface area (Å²) in [6.45, 7) is 1.09. The largest absolute Gasteiger partial charge is 0.489 e. The molecule has 0 saturated heterocycles. The third-order valence-electron chi connectivity index (χ3n) is 9.35. The second-order valence-corrected chi connectivity index (χ2v) is 13.8. The summed E-state index contributed by atoms with van der Waals surface area (Å²) in [7, 11) is 1.24. The fourth-order valence-corrected chi connectivity index (χ4v) is 6.74. The van der Waals surface area contributed by atoms with Crippen molar-refractivity contribution in [3.05, 3.63) is 147 Å². The topological polar surface area (TPSA) is 128 Å². The van der Waals surface area contributed by atoms with Gasteiger partial charge in [-0.3, -0.25) is 9.68 Å². The first-order chi connectivity index (χ1) is 26.3. The first-order valence-electron chi connectivity index (χ1n) is 17.3. The van der Waals surface area contributed by atoms with Crippen LogP contribution in [0.25, 0.3) is 11.1 Å². The molecular weight excluding hydrogens is 729 g/mol. The van der Waals surface area contributed by atoms with E-state index >= 15 is 0 Å². The Labute approximate surface area is 322 Å². The molecule has 2 aliphatic rings. The first-order valence-corrected chi connectivity index (χ1v) is 18.0. The lowest BCUT2D eigenvalue weighted by atomic mass is 9.94. The lowest BCUT2D eigenvalue weighted by Crippen LogP contribution is -2.53. The minimum Gasteiger partial charge on any atom is -0.489 e. The Morgan fingerprint density at radius 2 is 1.59 bits per heavy atom. The summed E-state index contributed by atoms with van der Waals surface area (Å²) in [5, 5.41) is 16.2. The van der Waals surface area contributed by atoms with E-state index in [2.05, 4.69) is 21.6 Å². The standard InChI is InChI=1S/C42H35Cl2N3O7/c1-50-54-42(49)37(17-25-2-7-28(8-3-25)29-9-4-26(21-45)5-10-29)47-41(48)36-18-31-19-38-39(20-32(31)22-46-36)53-40(24-52-38)30-11-13-33(14-12-30)51-23-27-6-15-34(43)35(44)16-27/h2-16,19-20,36-37,40,46H,17-18,22-24H2,1H3,(H,47,48)/t36-,37-,40?/m0/s1. The van der Waals surface area contributed by atoms with Crippen molar-refractivity contribution in [2.45, 2.75) is 44.2 Å². The molecule has 0 radical (unpaired) electrons. The molecule has 0 spiro atoms. The van der Waals surface area contributed by atoms with E-state index in [1.165, 1.54) is 7.11 Å². The number of rotatable bonds is 11. The van der Waals surface area contributed by atoms with Crippen LogP contribution in [-0.2, 0) is 45.4 Å². The maximum atomic E-state index is 13.5. The predicted octanol–water partition coefficient (Wildman–Crippen LogP) is 7.47. The Hall–Kier alpha value is -5.57. The second kappa shape index (κ2) is 16.6. The Bertz CT molecular complexity index is 2190. The summed E-state index contributed by atoms with van der Waals surface area (Å²) in [5.41, 5.74) is 7.12. The molecule has 0 bridgehead atoms. The van der Waals surface area contributed by atoms with Crippen LogP contribution in [-0.4, -0.2) is 37.7 Å². The zero-order valence-electron chi connectivity index (χ0n) is 29.1. The number of carbonyl (C=O) groups excluding carboxylic acids is 2. The van der Waals surface area contributed by atoms with Gasteiger partial charge in [-0.1, -0.05) is 77.8 Å².